The molecule has 6 rings (SSSR count). The highest BCUT2D eigenvalue weighted by Crippen LogP contribution is 2.30. The molecule has 3 aliphatic rings. The molecule has 0 aromatic heterocycles. The lowest BCUT2D eigenvalue weighted by atomic mass is 9.96. The molecule has 2 aliphatic heterocycles. The van der Waals surface area contributed by atoms with Gasteiger partial charge in [0.2, 0.25) is 0 Å². The van der Waals surface area contributed by atoms with Crippen molar-refractivity contribution in [1.82, 2.24) is 4.90 Å². The van der Waals surface area contributed by atoms with E-state index in [1.165, 1.54) is 44.5 Å². The van der Waals surface area contributed by atoms with Gasteiger partial charge in [0, 0.05) is 11.8 Å². The average molecular weight is 520 g/mol. The molecule has 4 nitrogen and oxygen atoms in total. The first kappa shape index (κ1) is 25.5. The Morgan fingerprint density at radius 2 is 1.76 bits per heavy atom. The van der Waals surface area contributed by atoms with Gasteiger partial charge in [0.1, 0.15) is 30.0 Å². The molecule has 0 saturated carbocycles. The molecule has 3 aromatic carbocycles. The van der Waals surface area contributed by atoms with Crippen LogP contribution in [-0.4, -0.2) is 36.2 Å². The van der Waals surface area contributed by atoms with Crippen LogP contribution in [0.1, 0.15) is 42.1 Å². The third kappa shape index (κ3) is 5.30. The van der Waals surface area contributed by atoms with E-state index in [0.717, 1.165) is 39.1 Å². The number of phenols is 1. The van der Waals surface area contributed by atoms with Crippen molar-refractivity contribution in [2.45, 2.75) is 32.0 Å². The lowest BCUT2D eigenvalue weighted by molar-refractivity contribution is 0.0757. The molecule has 2 heterocycles. The summed E-state index contributed by atoms with van der Waals surface area (Å²) in [7, 11) is 0. The van der Waals surface area contributed by atoms with Gasteiger partial charge in [-0.3, -0.25) is 4.90 Å². The van der Waals surface area contributed by atoms with Crippen LogP contribution in [0.3, 0.4) is 0 Å². The number of benzene rings is 3. The van der Waals surface area contributed by atoms with Crippen molar-refractivity contribution in [3.05, 3.63) is 98.0 Å². The van der Waals surface area contributed by atoms with E-state index in [2.05, 4.69) is 4.90 Å². The monoisotopic (exact) mass is 519 g/mol. The number of fused-ring (bicyclic) bond motifs is 4. The van der Waals surface area contributed by atoms with Crippen LogP contribution in [0.25, 0.3) is 18.2 Å². The Kier molecular flexibility index (Phi) is 7.65. The van der Waals surface area contributed by atoms with Gasteiger partial charge in [-0.05, 0) is 94.7 Å². The number of phenolic OH excluding ortho intramolecular Hbond substituents is 1. The molecule has 0 bridgehead atoms. The lowest BCUT2D eigenvalue weighted by Crippen LogP contribution is -2.33. The van der Waals surface area contributed by atoms with Crippen LogP contribution in [0.15, 0.2) is 60.4 Å². The van der Waals surface area contributed by atoms with Crippen molar-refractivity contribution in [2.24, 2.45) is 0 Å². The predicted molar refractivity (Wildman–Crippen MR) is 146 cm³/mol. The van der Waals surface area contributed by atoms with E-state index >= 15 is 0 Å². The molecule has 0 radical (unpaired) electrons. The Labute approximate surface area is 222 Å². The summed E-state index contributed by atoms with van der Waals surface area (Å²) in [5, 5.41) is 14.1. The summed E-state index contributed by atoms with van der Waals surface area (Å²) >= 11 is 0. The predicted octanol–water partition coefficient (Wildman–Crippen LogP) is 5.12. The second kappa shape index (κ2) is 11.1. The molecule has 0 amide bonds. The number of hydrogen-bond donors (Lipinski definition) is 1. The molecule has 1 unspecified atom stereocenters. The van der Waals surface area contributed by atoms with Gasteiger partial charge in [0.05, 0.1) is 6.61 Å². The zero-order valence-corrected chi connectivity index (χ0v) is 21.5. The summed E-state index contributed by atoms with van der Waals surface area (Å²) in [5.74, 6) is 0.655. The first-order valence-electron chi connectivity index (χ1n) is 12.8. The first-order chi connectivity index (χ1) is 17.7. The van der Waals surface area contributed by atoms with Crippen LogP contribution in [-0.2, 0) is 11.3 Å². The molecule has 6 heteroatoms. The first-order valence-corrected chi connectivity index (χ1v) is 12.8. The Balaban J connectivity index is 0.00000280. The number of rotatable bonds is 5. The fourth-order valence-corrected chi connectivity index (χ4v) is 5.49. The van der Waals surface area contributed by atoms with Crippen LogP contribution in [0.2, 0.25) is 0 Å². The van der Waals surface area contributed by atoms with E-state index in [1.54, 1.807) is 6.07 Å². The van der Waals surface area contributed by atoms with Crippen LogP contribution in [0, 0.1) is 10.4 Å². The van der Waals surface area contributed by atoms with Gasteiger partial charge in [-0.1, -0.05) is 42.8 Å². The number of hydrogen-bond acceptors (Lipinski definition) is 4. The van der Waals surface area contributed by atoms with Gasteiger partial charge >= 0.3 is 0 Å². The molecule has 1 aliphatic carbocycles. The van der Waals surface area contributed by atoms with Crippen LogP contribution in [0.5, 0.6) is 11.5 Å². The highest BCUT2D eigenvalue weighted by molar-refractivity contribution is 5.85. The van der Waals surface area contributed by atoms with E-state index in [9.17, 15) is 9.50 Å². The fourth-order valence-electron chi connectivity index (χ4n) is 5.49. The maximum absolute atomic E-state index is 14.7. The molecule has 1 atom stereocenters. The Hall–Kier alpha value is -3.12. The standard InChI is InChI=1S/C31H30FNO3.ClH/c32-24-16-22-6-2-3-7-26(22)31-27(19-24)28-20-36-30(18-23(28)17-29(31)34)21-8-10-25(11-9-21)35-15-14-33-12-4-1-5-13-33;/h2-3,6-11,16-19,30,34H,1,4-5,12-15,20H2;1H. The summed E-state index contributed by atoms with van der Waals surface area (Å²) in [6, 6.07) is 17.3. The highest BCUT2D eigenvalue weighted by Gasteiger charge is 2.20. The van der Waals surface area contributed by atoms with Crippen LogP contribution >= 0.6 is 12.4 Å². The van der Waals surface area contributed by atoms with E-state index < -0.39 is 0 Å². The van der Waals surface area contributed by atoms with Crippen molar-refractivity contribution >= 4 is 30.6 Å². The van der Waals surface area contributed by atoms with Crippen molar-refractivity contribution in [3.63, 3.8) is 0 Å². The Bertz CT molecular complexity index is 1530. The van der Waals surface area contributed by atoms with Crippen molar-refractivity contribution in [2.75, 3.05) is 26.2 Å². The Morgan fingerprint density at radius 1 is 0.973 bits per heavy atom. The van der Waals surface area contributed by atoms with Gasteiger partial charge in [-0.25, -0.2) is 4.39 Å². The minimum absolute atomic E-state index is 0. The van der Waals surface area contributed by atoms with Crippen molar-refractivity contribution in [3.8, 4) is 11.5 Å². The third-order valence-electron chi connectivity index (χ3n) is 7.37. The van der Waals surface area contributed by atoms with Crippen molar-refractivity contribution in [1.29, 1.82) is 0 Å². The summed E-state index contributed by atoms with van der Waals surface area (Å²) in [4.78, 5) is 2.47. The molecule has 1 fully saturated rings. The minimum atomic E-state index is -0.341. The average Bonchev–Trinajstić information content (AvgIpc) is 3.05. The van der Waals surface area contributed by atoms with E-state index in [1.807, 2.05) is 54.6 Å². The fraction of sp³-hybridized carbons (Fsp3) is 0.290. The molecule has 0 spiro atoms. The SMILES string of the molecule is Cl.Oc1cc2c(c3c1=c1ccccc1=CC(F)=C3)COC(c1ccc(OCCN3CCCCC3)cc1)C=2. The van der Waals surface area contributed by atoms with Gasteiger partial charge in [0.15, 0.2) is 0 Å². The second-order valence-corrected chi connectivity index (χ2v) is 9.73. The number of likely N-dealkylation sites (tertiary alicyclic amines) is 1. The lowest BCUT2D eigenvalue weighted by Gasteiger charge is -2.26. The molecule has 37 heavy (non-hydrogen) atoms. The van der Waals surface area contributed by atoms with Crippen LogP contribution in [0.4, 0.5) is 4.39 Å². The number of ether oxygens (including phenoxy) is 2. The summed E-state index contributed by atoms with van der Waals surface area (Å²) in [6.07, 6.45) is 8.66. The van der Waals surface area contributed by atoms with E-state index in [4.69, 9.17) is 9.47 Å². The molecule has 192 valence electrons. The second-order valence-electron chi connectivity index (χ2n) is 9.73. The molecule has 1 N–H and O–H groups in total. The third-order valence-corrected chi connectivity index (χ3v) is 7.37. The van der Waals surface area contributed by atoms with Gasteiger partial charge < -0.3 is 14.6 Å². The van der Waals surface area contributed by atoms with Gasteiger partial charge in [-0.2, -0.15) is 0 Å². The molecule has 3 aromatic rings. The summed E-state index contributed by atoms with van der Waals surface area (Å²) in [5.41, 5.74) is 2.58. The number of halogens is 2. The number of allylic oxidation sites excluding steroid dienone is 1. The van der Waals surface area contributed by atoms with Gasteiger partial charge in [-0.15, -0.1) is 12.4 Å². The minimum Gasteiger partial charge on any atom is -0.507 e. The zero-order chi connectivity index (χ0) is 24.5. The summed E-state index contributed by atoms with van der Waals surface area (Å²) < 4.78 is 26.9. The molecular weight excluding hydrogens is 489 g/mol. The van der Waals surface area contributed by atoms with E-state index in [0.29, 0.717) is 24.0 Å². The maximum atomic E-state index is 14.7. The normalized spacial score (nSPS) is 18.5. The number of nitrogens with zero attached hydrogens (tertiary/aromatic N) is 1. The Morgan fingerprint density at radius 3 is 2.57 bits per heavy atom. The van der Waals surface area contributed by atoms with Gasteiger partial charge in [0.25, 0.3) is 0 Å². The summed E-state index contributed by atoms with van der Waals surface area (Å²) in [6.45, 7) is 4.32. The highest BCUT2D eigenvalue weighted by atomic mass is 35.5. The molecular formula is C31H31ClFNO3. The zero-order valence-electron chi connectivity index (χ0n) is 20.7. The van der Waals surface area contributed by atoms with Crippen LogP contribution < -0.4 is 15.2 Å². The number of aromatic hydroxyl groups is 1. The van der Waals surface area contributed by atoms with Crippen molar-refractivity contribution < 1.29 is 19.0 Å². The quantitative estimate of drug-likeness (QED) is 0.508. The molecule has 1 saturated heterocycles. The number of piperidine rings is 1. The van der Waals surface area contributed by atoms with E-state index in [-0.39, 0.29) is 30.1 Å². The topological polar surface area (TPSA) is 41.9 Å². The largest absolute Gasteiger partial charge is 0.507 e. The maximum Gasteiger partial charge on any atom is 0.124 e. The smallest absolute Gasteiger partial charge is 0.124 e.